The molecule has 9 heteroatoms. The SMILES string of the molecule is c1ccc(-c2nc(-c3ccccc3)nc(-c3cc(-n4c5ccccc5c5c6sc7ccccc7c6ccc54)c(-n4c5ccccc5c5c6sc7ccccc7c6ccc54)c(-n4c5ccccc5c5c6sc7ccccc7c6ccc54)c3)n2)cc1. The maximum Gasteiger partial charge on any atom is 0.164 e. The van der Waals surface area contributed by atoms with E-state index in [1.54, 1.807) is 0 Å². The summed E-state index contributed by atoms with van der Waals surface area (Å²) in [5.41, 5.74) is 12.4. The molecule has 0 saturated heterocycles. The van der Waals surface area contributed by atoms with Gasteiger partial charge in [-0.3, -0.25) is 0 Å². The Kier molecular flexibility index (Phi) is 9.71. The molecule has 0 fully saturated rings. The molecule has 0 aliphatic heterocycles. The Bertz CT molecular complexity index is 5730. The molecular formula is C75H42N6S3. The van der Waals surface area contributed by atoms with Gasteiger partial charge in [0.15, 0.2) is 17.5 Å². The lowest BCUT2D eigenvalue weighted by atomic mass is 10.1. The quantitative estimate of drug-likeness (QED) is 0.167. The van der Waals surface area contributed by atoms with Crippen LogP contribution in [0.25, 0.3) is 177 Å². The molecule has 0 unspecified atom stereocenters. The third kappa shape index (κ3) is 6.51. The molecule has 0 spiro atoms. The minimum absolute atomic E-state index is 0.575. The molecule has 7 aromatic heterocycles. The summed E-state index contributed by atoms with van der Waals surface area (Å²) in [5, 5.41) is 14.9. The average molecular weight is 1120 g/mol. The second kappa shape index (κ2) is 17.6. The van der Waals surface area contributed by atoms with E-state index >= 15 is 0 Å². The second-order valence-electron chi connectivity index (χ2n) is 21.8. The number of rotatable bonds is 6. The predicted molar refractivity (Wildman–Crippen MR) is 358 cm³/mol. The number of fused-ring (bicyclic) bond motifs is 21. The van der Waals surface area contributed by atoms with Gasteiger partial charge in [0.1, 0.15) is 0 Å². The Balaban J connectivity index is 1.05. The summed E-state index contributed by atoms with van der Waals surface area (Å²) in [7, 11) is 0. The maximum absolute atomic E-state index is 5.53. The van der Waals surface area contributed by atoms with Crippen molar-refractivity contribution >= 4 is 160 Å². The van der Waals surface area contributed by atoms with Gasteiger partial charge in [-0.25, -0.2) is 15.0 Å². The van der Waals surface area contributed by atoms with Crippen molar-refractivity contribution in [3.63, 3.8) is 0 Å². The van der Waals surface area contributed by atoms with Crippen molar-refractivity contribution < 1.29 is 0 Å². The normalized spacial score (nSPS) is 12.3. The fraction of sp³-hybridized carbons (Fsp3) is 0. The molecule has 19 aromatic rings. The van der Waals surface area contributed by atoms with Gasteiger partial charge in [0.25, 0.3) is 0 Å². The van der Waals surface area contributed by atoms with Crippen LogP contribution >= 0.6 is 34.0 Å². The molecule has 0 aliphatic rings. The van der Waals surface area contributed by atoms with Gasteiger partial charge in [0, 0.05) is 110 Å². The number of para-hydroxylation sites is 3. The van der Waals surface area contributed by atoms with Gasteiger partial charge in [0.05, 0.1) is 50.2 Å². The molecule has 19 rings (SSSR count). The fourth-order valence-electron chi connectivity index (χ4n) is 13.7. The molecule has 0 saturated carbocycles. The molecule has 6 nitrogen and oxygen atoms in total. The van der Waals surface area contributed by atoms with E-state index in [9.17, 15) is 0 Å². The van der Waals surface area contributed by atoms with Crippen molar-refractivity contribution in [1.29, 1.82) is 0 Å². The number of aromatic nitrogens is 6. The minimum Gasteiger partial charge on any atom is -0.307 e. The highest BCUT2D eigenvalue weighted by Crippen LogP contribution is 2.51. The van der Waals surface area contributed by atoms with Crippen LogP contribution in [-0.4, -0.2) is 28.7 Å². The van der Waals surface area contributed by atoms with Gasteiger partial charge >= 0.3 is 0 Å². The van der Waals surface area contributed by atoms with E-state index in [4.69, 9.17) is 15.0 Å². The lowest BCUT2D eigenvalue weighted by Crippen LogP contribution is -2.10. The minimum atomic E-state index is 0.575. The predicted octanol–water partition coefficient (Wildman–Crippen LogP) is 21.3. The second-order valence-corrected chi connectivity index (χ2v) is 24.9. The van der Waals surface area contributed by atoms with Gasteiger partial charge < -0.3 is 13.7 Å². The van der Waals surface area contributed by atoms with Crippen molar-refractivity contribution in [3.8, 4) is 51.2 Å². The first-order valence-corrected chi connectivity index (χ1v) is 30.7. The Morgan fingerprint density at radius 2 is 0.548 bits per heavy atom. The van der Waals surface area contributed by atoms with Gasteiger partial charge in [-0.05, 0) is 66.7 Å². The first-order chi connectivity index (χ1) is 41.7. The first kappa shape index (κ1) is 46.3. The van der Waals surface area contributed by atoms with Crippen LogP contribution in [0.15, 0.2) is 255 Å². The van der Waals surface area contributed by atoms with Crippen LogP contribution in [-0.2, 0) is 0 Å². The molecule has 0 amide bonds. The fourth-order valence-corrected chi connectivity index (χ4v) is 17.5. The summed E-state index contributed by atoms with van der Waals surface area (Å²) in [4.78, 5) is 16.3. The summed E-state index contributed by atoms with van der Waals surface area (Å²) in [6.07, 6.45) is 0. The van der Waals surface area contributed by atoms with E-state index in [1.165, 1.54) is 92.8 Å². The van der Waals surface area contributed by atoms with E-state index < -0.39 is 0 Å². The van der Waals surface area contributed by atoms with Crippen LogP contribution in [0.3, 0.4) is 0 Å². The third-order valence-corrected chi connectivity index (χ3v) is 20.9. The van der Waals surface area contributed by atoms with Crippen molar-refractivity contribution in [2.75, 3.05) is 0 Å². The van der Waals surface area contributed by atoms with Gasteiger partial charge in [-0.1, -0.05) is 188 Å². The monoisotopic (exact) mass is 1120 g/mol. The lowest BCUT2D eigenvalue weighted by Gasteiger charge is -2.23. The summed E-state index contributed by atoms with van der Waals surface area (Å²) in [5.74, 6) is 1.79. The topological polar surface area (TPSA) is 53.5 Å². The zero-order chi connectivity index (χ0) is 54.7. The maximum atomic E-state index is 5.53. The smallest absolute Gasteiger partial charge is 0.164 e. The average Bonchev–Trinajstić information content (AvgIpc) is 3.20. The van der Waals surface area contributed by atoms with Crippen LogP contribution in [0.2, 0.25) is 0 Å². The lowest BCUT2D eigenvalue weighted by molar-refractivity contribution is 1.04. The van der Waals surface area contributed by atoms with E-state index in [-0.39, 0.29) is 0 Å². The van der Waals surface area contributed by atoms with Crippen LogP contribution in [0.5, 0.6) is 0 Å². The standard InChI is InChI=1S/C75H42N6S3/c1-3-19-43(20-4-1)73-76-74(44-21-5-2-6-22-44)78-75(77-73)45-41-61(79-55-29-13-7-26-52(55)66-58(79)38-35-49-46-23-10-16-32-63(46)82-70(49)66)69(81-57-31-15-9-28-54(57)68-60(81)40-37-51-48-25-12-18-34-65(48)84-72(51)68)62(42-45)80-56-30-14-8-27-53(56)67-59(80)39-36-50-47-24-11-17-33-64(47)83-71(50)67/h1-42H. The Morgan fingerprint density at radius 3 is 0.940 bits per heavy atom. The molecule has 0 aliphatic carbocycles. The first-order valence-electron chi connectivity index (χ1n) is 28.3. The van der Waals surface area contributed by atoms with Crippen molar-refractivity contribution in [2.24, 2.45) is 0 Å². The molecule has 12 aromatic carbocycles. The number of hydrogen-bond donors (Lipinski definition) is 0. The van der Waals surface area contributed by atoms with E-state index in [1.807, 2.05) is 46.1 Å². The molecule has 7 heterocycles. The van der Waals surface area contributed by atoms with Gasteiger partial charge in [-0.2, -0.15) is 0 Å². The largest absolute Gasteiger partial charge is 0.307 e. The highest BCUT2D eigenvalue weighted by molar-refractivity contribution is 7.27. The summed E-state index contributed by atoms with van der Waals surface area (Å²) < 4.78 is 15.3. The number of thiophene rings is 3. The number of nitrogens with zero attached hydrogens (tertiary/aromatic N) is 6. The van der Waals surface area contributed by atoms with E-state index in [0.717, 1.165) is 66.9 Å². The summed E-state index contributed by atoms with van der Waals surface area (Å²) >= 11 is 5.65. The molecule has 0 bridgehead atoms. The van der Waals surface area contributed by atoms with E-state index in [2.05, 4.69) is 256 Å². The number of hydrogen-bond acceptors (Lipinski definition) is 6. The number of benzene rings is 12. The molecule has 390 valence electrons. The molecule has 0 N–H and O–H groups in total. The third-order valence-electron chi connectivity index (χ3n) is 17.3. The summed E-state index contributed by atoms with van der Waals surface area (Å²) in [6.45, 7) is 0. The molecular weight excluding hydrogens is 1080 g/mol. The Labute approximate surface area is 491 Å². The van der Waals surface area contributed by atoms with Crippen LogP contribution in [0.1, 0.15) is 0 Å². The molecule has 0 radical (unpaired) electrons. The molecule has 84 heavy (non-hydrogen) atoms. The van der Waals surface area contributed by atoms with Crippen LogP contribution in [0.4, 0.5) is 0 Å². The zero-order valence-electron chi connectivity index (χ0n) is 44.7. The Hall–Kier alpha value is -10.3. The van der Waals surface area contributed by atoms with Crippen LogP contribution in [0, 0.1) is 0 Å². The van der Waals surface area contributed by atoms with E-state index in [0.29, 0.717) is 17.5 Å². The van der Waals surface area contributed by atoms with Crippen molar-refractivity contribution in [3.05, 3.63) is 255 Å². The molecule has 0 atom stereocenters. The highest BCUT2D eigenvalue weighted by Gasteiger charge is 2.29. The highest BCUT2D eigenvalue weighted by atomic mass is 32.1. The van der Waals surface area contributed by atoms with Crippen LogP contribution < -0.4 is 0 Å². The Morgan fingerprint density at radius 1 is 0.238 bits per heavy atom. The van der Waals surface area contributed by atoms with Gasteiger partial charge in [-0.15, -0.1) is 34.0 Å². The van der Waals surface area contributed by atoms with Crippen molar-refractivity contribution in [2.45, 2.75) is 0 Å². The van der Waals surface area contributed by atoms with Gasteiger partial charge in [0.2, 0.25) is 0 Å². The zero-order valence-corrected chi connectivity index (χ0v) is 47.1. The summed E-state index contributed by atoms with van der Waals surface area (Å²) in [6, 6.07) is 93.1. The van der Waals surface area contributed by atoms with Crippen molar-refractivity contribution in [1.82, 2.24) is 28.7 Å².